The van der Waals surface area contributed by atoms with E-state index in [1.54, 1.807) is 0 Å². The summed E-state index contributed by atoms with van der Waals surface area (Å²) in [6.07, 6.45) is 5.02. The van der Waals surface area contributed by atoms with Crippen molar-refractivity contribution in [3.63, 3.8) is 0 Å². The maximum Gasteiger partial charge on any atom is 0.323 e. The molecule has 6 heteroatoms. The zero-order valence-electron chi connectivity index (χ0n) is 12.1. The second kappa shape index (κ2) is 5.83. The number of urea groups is 1. The summed E-state index contributed by atoms with van der Waals surface area (Å²) in [5.74, 6) is 1.29. The third kappa shape index (κ3) is 2.95. The normalized spacial score (nSPS) is 21.4. The third-order valence-electron chi connectivity index (χ3n) is 4.40. The van der Waals surface area contributed by atoms with Crippen LogP contribution in [0.1, 0.15) is 37.3 Å². The van der Waals surface area contributed by atoms with Crippen molar-refractivity contribution in [3.05, 3.63) is 11.8 Å². The van der Waals surface area contributed by atoms with Crippen LogP contribution in [-0.2, 0) is 0 Å². The maximum absolute atomic E-state index is 12.2. The number of aromatic amines is 1. The molecule has 1 aliphatic heterocycles. The summed E-state index contributed by atoms with van der Waals surface area (Å²) in [5.41, 5.74) is 1.09. The van der Waals surface area contributed by atoms with E-state index in [1.807, 2.05) is 11.0 Å². The highest BCUT2D eigenvalue weighted by Crippen LogP contribution is 2.33. The SMILES string of the molecule is CN1CCN(C(=O)Nc2cc(C3CCCC3)n[nH]2)CC1. The molecule has 6 nitrogen and oxygen atoms in total. The van der Waals surface area contributed by atoms with Gasteiger partial charge in [0, 0.05) is 38.2 Å². The largest absolute Gasteiger partial charge is 0.323 e. The van der Waals surface area contributed by atoms with Crippen LogP contribution in [0.2, 0.25) is 0 Å². The molecule has 2 aliphatic rings. The summed E-state index contributed by atoms with van der Waals surface area (Å²) in [6, 6.07) is 1.96. The summed E-state index contributed by atoms with van der Waals surface area (Å²) < 4.78 is 0. The summed E-state index contributed by atoms with van der Waals surface area (Å²) >= 11 is 0. The molecule has 1 aliphatic carbocycles. The fourth-order valence-corrected chi connectivity index (χ4v) is 3.04. The smallest absolute Gasteiger partial charge is 0.322 e. The van der Waals surface area contributed by atoms with Gasteiger partial charge in [0.05, 0.1) is 5.69 Å². The van der Waals surface area contributed by atoms with Crippen molar-refractivity contribution in [2.24, 2.45) is 0 Å². The lowest BCUT2D eigenvalue weighted by atomic mass is 10.0. The molecule has 1 saturated carbocycles. The van der Waals surface area contributed by atoms with Gasteiger partial charge in [-0.15, -0.1) is 0 Å². The Morgan fingerprint density at radius 3 is 2.70 bits per heavy atom. The minimum atomic E-state index is -0.0280. The van der Waals surface area contributed by atoms with Crippen LogP contribution in [0.3, 0.4) is 0 Å². The average molecular weight is 277 g/mol. The summed E-state index contributed by atoms with van der Waals surface area (Å²) in [6.45, 7) is 3.44. The molecule has 20 heavy (non-hydrogen) atoms. The van der Waals surface area contributed by atoms with Gasteiger partial charge in [-0.3, -0.25) is 10.4 Å². The number of anilines is 1. The third-order valence-corrected chi connectivity index (χ3v) is 4.40. The number of likely N-dealkylation sites (N-methyl/N-ethyl adjacent to an activating group) is 1. The Bertz CT molecular complexity index is 458. The highest BCUT2D eigenvalue weighted by Gasteiger charge is 2.22. The average Bonchev–Trinajstić information content (AvgIpc) is 3.09. The van der Waals surface area contributed by atoms with Crippen molar-refractivity contribution in [1.82, 2.24) is 20.0 Å². The zero-order chi connectivity index (χ0) is 13.9. The Morgan fingerprint density at radius 2 is 2.00 bits per heavy atom. The van der Waals surface area contributed by atoms with Gasteiger partial charge in [-0.2, -0.15) is 5.10 Å². The van der Waals surface area contributed by atoms with Crippen molar-refractivity contribution in [1.29, 1.82) is 0 Å². The van der Waals surface area contributed by atoms with Crippen LogP contribution in [0.4, 0.5) is 10.6 Å². The number of carbonyl (C=O) groups excluding carboxylic acids is 1. The number of hydrogen-bond acceptors (Lipinski definition) is 3. The molecule has 0 atom stereocenters. The quantitative estimate of drug-likeness (QED) is 0.867. The second-order valence-corrected chi connectivity index (χ2v) is 5.91. The van der Waals surface area contributed by atoms with Crippen molar-refractivity contribution in [3.8, 4) is 0 Å². The Morgan fingerprint density at radius 1 is 1.30 bits per heavy atom. The number of carbonyl (C=O) groups is 1. The number of nitrogens with zero attached hydrogens (tertiary/aromatic N) is 3. The van der Waals surface area contributed by atoms with E-state index in [0.29, 0.717) is 5.92 Å². The Labute approximate surface area is 119 Å². The van der Waals surface area contributed by atoms with E-state index in [9.17, 15) is 4.79 Å². The predicted octanol–water partition coefficient (Wildman–Crippen LogP) is 1.85. The Kier molecular flexibility index (Phi) is 3.91. The highest BCUT2D eigenvalue weighted by atomic mass is 16.2. The molecule has 0 unspecified atom stereocenters. The number of aromatic nitrogens is 2. The van der Waals surface area contributed by atoms with Gasteiger partial charge < -0.3 is 9.80 Å². The van der Waals surface area contributed by atoms with E-state index in [1.165, 1.54) is 25.7 Å². The van der Waals surface area contributed by atoms with Crippen LogP contribution >= 0.6 is 0 Å². The molecule has 3 rings (SSSR count). The van der Waals surface area contributed by atoms with Gasteiger partial charge in [-0.1, -0.05) is 12.8 Å². The number of nitrogens with one attached hydrogen (secondary N) is 2. The minimum Gasteiger partial charge on any atom is -0.322 e. The van der Waals surface area contributed by atoms with Crippen LogP contribution in [-0.4, -0.2) is 59.3 Å². The van der Waals surface area contributed by atoms with Gasteiger partial charge in [0.2, 0.25) is 0 Å². The Balaban J connectivity index is 1.56. The highest BCUT2D eigenvalue weighted by molar-refractivity contribution is 5.88. The number of H-pyrrole nitrogens is 1. The molecule has 1 saturated heterocycles. The van der Waals surface area contributed by atoms with E-state index >= 15 is 0 Å². The number of amides is 2. The minimum absolute atomic E-state index is 0.0280. The molecule has 2 amide bonds. The lowest BCUT2D eigenvalue weighted by Crippen LogP contribution is -2.48. The Hall–Kier alpha value is -1.56. The first kappa shape index (κ1) is 13.4. The van der Waals surface area contributed by atoms with Crippen molar-refractivity contribution < 1.29 is 4.79 Å². The number of piperazine rings is 1. The predicted molar refractivity (Wildman–Crippen MR) is 77.9 cm³/mol. The van der Waals surface area contributed by atoms with E-state index in [4.69, 9.17) is 0 Å². The molecule has 2 N–H and O–H groups in total. The zero-order valence-corrected chi connectivity index (χ0v) is 12.1. The van der Waals surface area contributed by atoms with Gasteiger partial charge in [-0.05, 0) is 19.9 Å². The van der Waals surface area contributed by atoms with Crippen molar-refractivity contribution >= 4 is 11.8 Å². The molecule has 1 aromatic heterocycles. The first-order valence-corrected chi connectivity index (χ1v) is 7.52. The molecule has 2 fully saturated rings. The van der Waals surface area contributed by atoms with Gasteiger partial charge in [-0.25, -0.2) is 4.79 Å². The van der Waals surface area contributed by atoms with Crippen LogP contribution < -0.4 is 5.32 Å². The van der Waals surface area contributed by atoms with E-state index < -0.39 is 0 Å². The molecule has 0 aromatic carbocycles. The van der Waals surface area contributed by atoms with Crippen molar-refractivity contribution in [2.75, 3.05) is 38.5 Å². The van der Waals surface area contributed by atoms with Crippen molar-refractivity contribution in [2.45, 2.75) is 31.6 Å². The monoisotopic (exact) mass is 277 g/mol. The van der Waals surface area contributed by atoms with E-state index in [-0.39, 0.29) is 6.03 Å². The fourth-order valence-electron chi connectivity index (χ4n) is 3.04. The second-order valence-electron chi connectivity index (χ2n) is 5.91. The summed E-state index contributed by atoms with van der Waals surface area (Å²) in [4.78, 5) is 16.2. The van der Waals surface area contributed by atoms with Gasteiger partial charge in [0.1, 0.15) is 5.82 Å². The molecular weight excluding hydrogens is 254 g/mol. The van der Waals surface area contributed by atoms with Gasteiger partial charge in [0.25, 0.3) is 0 Å². The van der Waals surface area contributed by atoms with Crippen LogP contribution in [0, 0.1) is 0 Å². The molecule has 110 valence electrons. The molecular formula is C14H23N5O. The molecule has 1 aromatic rings. The fraction of sp³-hybridized carbons (Fsp3) is 0.714. The maximum atomic E-state index is 12.2. The molecule has 0 bridgehead atoms. The topological polar surface area (TPSA) is 64.3 Å². The molecule has 0 spiro atoms. The van der Waals surface area contributed by atoms with Crippen LogP contribution in [0.25, 0.3) is 0 Å². The van der Waals surface area contributed by atoms with Crippen LogP contribution in [0.5, 0.6) is 0 Å². The number of rotatable bonds is 2. The molecule has 2 heterocycles. The molecule has 0 radical (unpaired) electrons. The van der Waals surface area contributed by atoms with Gasteiger partial charge >= 0.3 is 6.03 Å². The lowest BCUT2D eigenvalue weighted by molar-refractivity contribution is 0.164. The van der Waals surface area contributed by atoms with Gasteiger partial charge in [0.15, 0.2) is 0 Å². The van der Waals surface area contributed by atoms with E-state index in [2.05, 4.69) is 27.5 Å². The van der Waals surface area contributed by atoms with Crippen LogP contribution in [0.15, 0.2) is 6.07 Å². The lowest BCUT2D eigenvalue weighted by Gasteiger charge is -2.32. The standard InChI is InChI=1S/C14H23N5O/c1-18-6-8-19(9-7-18)14(20)15-13-10-12(16-17-13)11-4-2-3-5-11/h10-11H,2-9H2,1H3,(H2,15,16,17,20). The summed E-state index contributed by atoms with van der Waals surface area (Å²) in [7, 11) is 2.08. The first-order chi connectivity index (χ1) is 9.72. The van der Waals surface area contributed by atoms with E-state index in [0.717, 1.165) is 37.7 Å². The number of hydrogen-bond donors (Lipinski definition) is 2. The first-order valence-electron chi connectivity index (χ1n) is 7.52. The summed E-state index contributed by atoms with van der Waals surface area (Å²) in [5, 5.41) is 10.2.